The van der Waals surface area contributed by atoms with Crippen molar-refractivity contribution in [1.29, 1.82) is 0 Å². The molecule has 2 aliphatic rings. The van der Waals surface area contributed by atoms with Gasteiger partial charge in [-0.1, -0.05) is 24.3 Å². The summed E-state index contributed by atoms with van der Waals surface area (Å²) in [5.74, 6) is 0. The maximum Gasteiger partial charge on any atom is 0.0590 e. The molecule has 1 fully saturated rings. The summed E-state index contributed by atoms with van der Waals surface area (Å²) in [5.41, 5.74) is 2.85. The molecule has 1 radical (unpaired) electrons. The van der Waals surface area contributed by atoms with Crippen LogP contribution in [-0.4, -0.2) is 41.8 Å². The predicted octanol–water partition coefficient (Wildman–Crippen LogP) is 1.17. The van der Waals surface area contributed by atoms with Crippen LogP contribution in [0.4, 0.5) is 0 Å². The first-order valence-corrected chi connectivity index (χ1v) is 6.95. The lowest BCUT2D eigenvalue weighted by atomic mass is 9.91. The second-order valence-electron chi connectivity index (χ2n) is 5.38. The molecule has 97 valence electrons. The van der Waals surface area contributed by atoms with Crippen molar-refractivity contribution >= 4 is 0 Å². The van der Waals surface area contributed by atoms with Gasteiger partial charge in [0, 0.05) is 31.7 Å². The van der Waals surface area contributed by atoms with E-state index in [0.717, 1.165) is 38.9 Å². The first-order chi connectivity index (χ1) is 8.88. The maximum atomic E-state index is 9.65. The van der Waals surface area contributed by atoms with Gasteiger partial charge < -0.3 is 5.11 Å². The van der Waals surface area contributed by atoms with Crippen molar-refractivity contribution in [3.63, 3.8) is 0 Å². The molecule has 2 heterocycles. The van der Waals surface area contributed by atoms with Gasteiger partial charge in [0.15, 0.2) is 0 Å². The molecule has 0 saturated carbocycles. The Morgan fingerprint density at radius 2 is 1.89 bits per heavy atom. The van der Waals surface area contributed by atoms with Crippen LogP contribution in [0.5, 0.6) is 0 Å². The summed E-state index contributed by atoms with van der Waals surface area (Å²) in [5, 5.41) is 14.1. The molecule has 2 aliphatic heterocycles. The molecule has 0 aromatic heterocycles. The lowest BCUT2D eigenvalue weighted by molar-refractivity contribution is 0.0518. The van der Waals surface area contributed by atoms with Gasteiger partial charge in [-0.25, -0.2) is 5.32 Å². The summed E-state index contributed by atoms with van der Waals surface area (Å²) in [6, 6.07) is 9.54. The average Bonchev–Trinajstić information content (AvgIpc) is 2.46. The summed E-state index contributed by atoms with van der Waals surface area (Å²) in [4.78, 5) is 2.51. The largest absolute Gasteiger partial charge is 0.395 e. The Labute approximate surface area is 109 Å². The van der Waals surface area contributed by atoms with Gasteiger partial charge in [0.25, 0.3) is 0 Å². The minimum Gasteiger partial charge on any atom is -0.395 e. The molecule has 18 heavy (non-hydrogen) atoms. The minimum atomic E-state index is 0.266. The van der Waals surface area contributed by atoms with Gasteiger partial charge in [0.1, 0.15) is 0 Å². The number of aliphatic hydroxyl groups excluding tert-OH is 1. The van der Waals surface area contributed by atoms with Gasteiger partial charge in [-0.15, -0.1) is 0 Å². The van der Waals surface area contributed by atoms with Crippen LogP contribution in [0.3, 0.4) is 0 Å². The van der Waals surface area contributed by atoms with Crippen LogP contribution in [0.25, 0.3) is 0 Å². The highest BCUT2D eigenvalue weighted by Crippen LogP contribution is 2.27. The minimum absolute atomic E-state index is 0.266. The Bertz CT molecular complexity index is 401. The monoisotopic (exact) mass is 245 g/mol. The van der Waals surface area contributed by atoms with Crippen LogP contribution in [-0.2, 0) is 13.0 Å². The summed E-state index contributed by atoms with van der Waals surface area (Å²) in [6.45, 7) is 3.23. The standard InChI is InChI=1S/C15H21N2O/c18-11-15-9-12-3-1-2-4-13(12)10-17(15)14-5-7-16-8-6-14/h1-4,14-15,18H,5-11H2/t15-/m0/s1. The lowest BCUT2D eigenvalue weighted by Crippen LogP contribution is -2.50. The van der Waals surface area contributed by atoms with E-state index in [1.807, 2.05) is 0 Å². The fraction of sp³-hybridized carbons (Fsp3) is 0.600. The van der Waals surface area contributed by atoms with E-state index in [2.05, 4.69) is 34.5 Å². The van der Waals surface area contributed by atoms with E-state index in [1.54, 1.807) is 0 Å². The first-order valence-electron chi connectivity index (χ1n) is 6.95. The molecule has 0 amide bonds. The maximum absolute atomic E-state index is 9.65. The molecule has 0 unspecified atom stereocenters. The fourth-order valence-corrected chi connectivity index (χ4v) is 3.27. The number of nitrogens with zero attached hydrogens (tertiary/aromatic N) is 2. The zero-order chi connectivity index (χ0) is 12.4. The molecule has 0 spiro atoms. The number of hydrogen-bond acceptors (Lipinski definition) is 2. The highest BCUT2D eigenvalue weighted by atomic mass is 16.3. The second-order valence-corrected chi connectivity index (χ2v) is 5.38. The summed E-state index contributed by atoms with van der Waals surface area (Å²) >= 11 is 0. The van der Waals surface area contributed by atoms with E-state index >= 15 is 0 Å². The first kappa shape index (κ1) is 12.2. The topological polar surface area (TPSA) is 37.6 Å². The van der Waals surface area contributed by atoms with Crippen molar-refractivity contribution in [3.05, 3.63) is 35.4 Å². The predicted molar refractivity (Wildman–Crippen MR) is 71.5 cm³/mol. The SMILES string of the molecule is OC[C@@H]1Cc2ccccc2CN1C1CC[N]CC1. The van der Waals surface area contributed by atoms with Crippen LogP contribution >= 0.6 is 0 Å². The van der Waals surface area contributed by atoms with Crippen LogP contribution in [0.15, 0.2) is 24.3 Å². The van der Waals surface area contributed by atoms with E-state index in [9.17, 15) is 5.11 Å². The van der Waals surface area contributed by atoms with Crippen molar-refractivity contribution in [2.45, 2.75) is 37.9 Å². The quantitative estimate of drug-likeness (QED) is 0.849. The van der Waals surface area contributed by atoms with Crippen molar-refractivity contribution < 1.29 is 5.11 Å². The molecule has 3 heteroatoms. The van der Waals surface area contributed by atoms with Crippen molar-refractivity contribution in [2.24, 2.45) is 0 Å². The molecule has 1 aromatic rings. The van der Waals surface area contributed by atoms with Gasteiger partial charge in [0.2, 0.25) is 0 Å². The third-order valence-electron chi connectivity index (χ3n) is 4.32. The van der Waals surface area contributed by atoms with E-state index in [-0.39, 0.29) is 6.61 Å². The number of piperidine rings is 1. The number of hydrogen-bond donors (Lipinski definition) is 1. The zero-order valence-corrected chi connectivity index (χ0v) is 10.8. The average molecular weight is 245 g/mol. The Morgan fingerprint density at radius 1 is 1.17 bits per heavy atom. The Hall–Kier alpha value is -0.900. The molecule has 1 atom stereocenters. The molecule has 3 rings (SSSR count). The summed E-state index contributed by atoms with van der Waals surface area (Å²) in [7, 11) is 0. The van der Waals surface area contributed by atoms with E-state index < -0.39 is 0 Å². The van der Waals surface area contributed by atoms with Crippen LogP contribution in [0, 0.1) is 0 Å². The van der Waals surface area contributed by atoms with Gasteiger partial charge in [0.05, 0.1) is 6.61 Å². The van der Waals surface area contributed by atoms with Crippen molar-refractivity contribution in [2.75, 3.05) is 19.7 Å². The van der Waals surface area contributed by atoms with E-state index in [1.165, 1.54) is 11.1 Å². The van der Waals surface area contributed by atoms with E-state index in [0.29, 0.717) is 12.1 Å². The second kappa shape index (κ2) is 5.39. The molecule has 3 nitrogen and oxygen atoms in total. The number of fused-ring (bicyclic) bond motifs is 1. The van der Waals surface area contributed by atoms with E-state index in [4.69, 9.17) is 0 Å². The molecular formula is C15H21N2O. The number of benzene rings is 1. The van der Waals surface area contributed by atoms with Gasteiger partial charge in [-0.2, -0.15) is 0 Å². The molecular weight excluding hydrogens is 224 g/mol. The van der Waals surface area contributed by atoms with Crippen LogP contribution in [0.1, 0.15) is 24.0 Å². The van der Waals surface area contributed by atoms with Gasteiger partial charge in [-0.05, 0) is 30.4 Å². The Balaban J connectivity index is 1.81. The highest BCUT2D eigenvalue weighted by Gasteiger charge is 2.31. The van der Waals surface area contributed by atoms with Gasteiger partial charge >= 0.3 is 0 Å². The fourth-order valence-electron chi connectivity index (χ4n) is 3.27. The third-order valence-corrected chi connectivity index (χ3v) is 4.32. The molecule has 1 aromatic carbocycles. The summed E-state index contributed by atoms with van der Waals surface area (Å²) < 4.78 is 0. The summed E-state index contributed by atoms with van der Waals surface area (Å²) in [6.07, 6.45) is 3.29. The number of aliphatic hydroxyl groups is 1. The molecule has 1 N–H and O–H groups in total. The smallest absolute Gasteiger partial charge is 0.0590 e. The van der Waals surface area contributed by atoms with Crippen LogP contribution in [0.2, 0.25) is 0 Å². The highest BCUT2D eigenvalue weighted by molar-refractivity contribution is 5.30. The van der Waals surface area contributed by atoms with Gasteiger partial charge in [-0.3, -0.25) is 4.90 Å². The molecule has 0 bridgehead atoms. The Morgan fingerprint density at radius 3 is 2.61 bits per heavy atom. The lowest BCUT2D eigenvalue weighted by Gasteiger charge is -2.42. The van der Waals surface area contributed by atoms with Crippen molar-refractivity contribution in [1.82, 2.24) is 10.2 Å². The normalized spacial score (nSPS) is 25.9. The van der Waals surface area contributed by atoms with Crippen LogP contribution < -0.4 is 5.32 Å². The molecule has 0 aliphatic carbocycles. The Kier molecular flexibility index (Phi) is 3.64. The third kappa shape index (κ3) is 2.30. The molecule has 1 saturated heterocycles. The zero-order valence-electron chi connectivity index (χ0n) is 10.8. The number of rotatable bonds is 2. The van der Waals surface area contributed by atoms with Crippen molar-refractivity contribution in [3.8, 4) is 0 Å².